The Hall–Kier alpha value is -1.73. The van der Waals surface area contributed by atoms with Gasteiger partial charge in [-0.05, 0) is 35.9 Å². The quantitative estimate of drug-likeness (QED) is 0.459. The maximum atomic E-state index is 12.1. The van der Waals surface area contributed by atoms with Crippen molar-refractivity contribution < 1.29 is 14.3 Å². The van der Waals surface area contributed by atoms with Crippen LogP contribution >= 0.6 is 47.2 Å². The van der Waals surface area contributed by atoms with Gasteiger partial charge in [-0.15, -0.1) is 0 Å². The summed E-state index contributed by atoms with van der Waals surface area (Å²) in [6.07, 6.45) is 1.78. The Morgan fingerprint density at radius 2 is 1.89 bits per heavy atom. The Morgan fingerprint density at radius 3 is 2.48 bits per heavy atom. The van der Waals surface area contributed by atoms with Crippen LogP contribution in [-0.4, -0.2) is 29.3 Å². The minimum atomic E-state index is -0.113. The van der Waals surface area contributed by atoms with Gasteiger partial charge in [0.15, 0.2) is 11.5 Å². The molecule has 2 aromatic rings. The molecule has 1 amide bonds. The number of halogens is 2. The Balaban J connectivity index is 1.81. The molecule has 0 radical (unpaired) electrons. The van der Waals surface area contributed by atoms with Crippen LogP contribution in [0.25, 0.3) is 6.08 Å². The number of methoxy groups -OCH3 is 1. The first kappa shape index (κ1) is 20.0. The first-order valence-electron chi connectivity index (χ1n) is 7.86. The fourth-order valence-electron chi connectivity index (χ4n) is 2.41. The number of rotatable bonds is 5. The van der Waals surface area contributed by atoms with Gasteiger partial charge in [-0.3, -0.25) is 9.69 Å². The topological polar surface area (TPSA) is 38.8 Å². The van der Waals surface area contributed by atoms with Gasteiger partial charge in [-0.25, -0.2) is 0 Å². The summed E-state index contributed by atoms with van der Waals surface area (Å²) >= 11 is 18.8. The Bertz CT molecular complexity index is 926. The molecule has 0 unspecified atom stereocenters. The third-order valence-electron chi connectivity index (χ3n) is 3.91. The maximum absolute atomic E-state index is 12.1. The molecule has 1 saturated heterocycles. The van der Waals surface area contributed by atoms with E-state index in [0.717, 1.165) is 5.56 Å². The fourth-order valence-corrected chi connectivity index (χ4v) is 4.10. The highest BCUT2D eigenvalue weighted by Crippen LogP contribution is 2.35. The Morgan fingerprint density at radius 1 is 1.19 bits per heavy atom. The number of thiocarbonyl (C=S) groups is 1. The molecule has 1 fully saturated rings. The number of thioether (sulfide) groups is 1. The molecule has 0 aliphatic carbocycles. The number of likely N-dealkylation sites (N-methyl/N-ethyl adjacent to an activating group) is 1. The molecule has 1 heterocycles. The number of carbonyl (C=O) groups excluding carboxylic acids is 1. The van der Waals surface area contributed by atoms with E-state index in [0.29, 0.717) is 36.3 Å². The number of nitrogens with zero attached hydrogens (tertiary/aromatic N) is 1. The molecule has 2 aromatic carbocycles. The standard InChI is InChI=1S/C19H15Cl2NO3S2/c1-22-18(23)17(27-19(22)26)9-11-6-7-15(16(8-11)24-2)25-10-12-13(20)4-3-5-14(12)21/h3-9H,10H2,1-2H3/b17-9-. The number of benzene rings is 2. The van der Waals surface area contributed by atoms with Gasteiger partial charge in [0.05, 0.1) is 12.0 Å². The molecular weight excluding hydrogens is 425 g/mol. The van der Waals surface area contributed by atoms with E-state index in [4.69, 9.17) is 44.9 Å². The molecule has 0 spiro atoms. The van der Waals surface area contributed by atoms with Gasteiger partial charge in [0, 0.05) is 22.7 Å². The molecule has 0 bridgehead atoms. The van der Waals surface area contributed by atoms with Crippen LogP contribution in [0.15, 0.2) is 41.3 Å². The fraction of sp³-hybridized carbons (Fsp3) is 0.158. The van der Waals surface area contributed by atoms with Crippen LogP contribution in [0.2, 0.25) is 10.0 Å². The Kier molecular flexibility index (Phi) is 6.32. The van der Waals surface area contributed by atoms with Gasteiger partial charge in [0.1, 0.15) is 10.9 Å². The molecule has 1 aliphatic rings. The van der Waals surface area contributed by atoms with E-state index in [2.05, 4.69) is 0 Å². The first-order valence-corrected chi connectivity index (χ1v) is 9.84. The van der Waals surface area contributed by atoms with Gasteiger partial charge in [0.2, 0.25) is 0 Å². The highest BCUT2D eigenvalue weighted by Gasteiger charge is 2.28. The minimum Gasteiger partial charge on any atom is -0.493 e. The summed E-state index contributed by atoms with van der Waals surface area (Å²) in [5.41, 5.74) is 1.52. The molecule has 8 heteroatoms. The lowest BCUT2D eigenvalue weighted by atomic mass is 10.1. The van der Waals surface area contributed by atoms with E-state index in [1.54, 1.807) is 50.6 Å². The number of carbonyl (C=O) groups is 1. The summed E-state index contributed by atoms with van der Waals surface area (Å²) in [5, 5.41) is 1.08. The van der Waals surface area contributed by atoms with Crippen molar-refractivity contribution in [1.29, 1.82) is 0 Å². The lowest BCUT2D eigenvalue weighted by molar-refractivity contribution is -0.121. The second kappa shape index (κ2) is 8.52. The van der Waals surface area contributed by atoms with Crippen LogP contribution in [0.4, 0.5) is 0 Å². The molecule has 3 rings (SSSR count). The van der Waals surface area contributed by atoms with E-state index < -0.39 is 0 Å². The van der Waals surface area contributed by atoms with Gasteiger partial charge >= 0.3 is 0 Å². The van der Waals surface area contributed by atoms with E-state index in [-0.39, 0.29) is 12.5 Å². The molecule has 4 nitrogen and oxygen atoms in total. The zero-order valence-corrected chi connectivity index (χ0v) is 17.6. The molecule has 0 atom stereocenters. The normalized spacial score (nSPS) is 15.6. The third kappa shape index (κ3) is 4.41. The van der Waals surface area contributed by atoms with E-state index >= 15 is 0 Å². The number of hydrogen-bond acceptors (Lipinski definition) is 5. The van der Waals surface area contributed by atoms with Crippen molar-refractivity contribution in [3.63, 3.8) is 0 Å². The van der Waals surface area contributed by atoms with Gasteiger partial charge in [-0.2, -0.15) is 0 Å². The second-order valence-electron chi connectivity index (χ2n) is 5.64. The third-order valence-corrected chi connectivity index (χ3v) is 6.10. The van der Waals surface area contributed by atoms with Crippen LogP contribution in [0.3, 0.4) is 0 Å². The van der Waals surface area contributed by atoms with Gasteiger partial charge < -0.3 is 9.47 Å². The summed E-state index contributed by atoms with van der Waals surface area (Å²) in [6.45, 7) is 0.211. The maximum Gasteiger partial charge on any atom is 0.265 e. The van der Waals surface area contributed by atoms with Crippen LogP contribution < -0.4 is 9.47 Å². The van der Waals surface area contributed by atoms with Crippen molar-refractivity contribution in [3.8, 4) is 11.5 Å². The highest BCUT2D eigenvalue weighted by molar-refractivity contribution is 8.26. The number of hydrogen-bond donors (Lipinski definition) is 0. The zero-order chi connectivity index (χ0) is 19.6. The monoisotopic (exact) mass is 439 g/mol. The van der Waals surface area contributed by atoms with Crippen molar-refractivity contribution in [3.05, 3.63) is 62.5 Å². The largest absolute Gasteiger partial charge is 0.493 e. The summed E-state index contributed by atoms with van der Waals surface area (Å²) in [5.74, 6) is 0.977. The van der Waals surface area contributed by atoms with Gasteiger partial charge in [0.25, 0.3) is 5.91 Å². The number of ether oxygens (including phenoxy) is 2. The van der Waals surface area contributed by atoms with Gasteiger partial charge in [-0.1, -0.05) is 59.3 Å². The van der Waals surface area contributed by atoms with Crippen LogP contribution in [0.1, 0.15) is 11.1 Å². The Labute approximate surface area is 177 Å². The first-order chi connectivity index (χ1) is 12.9. The van der Waals surface area contributed by atoms with Crippen LogP contribution in [0, 0.1) is 0 Å². The highest BCUT2D eigenvalue weighted by atomic mass is 35.5. The molecule has 1 aliphatic heterocycles. The predicted octanol–water partition coefficient (Wildman–Crippen LogP) is 5.41. The molecular formula is C19H15Cl2NO3S2. The smallest absolute Gasteiger partial charge is 0.265 e. The summed E-state index contributed by atoms with van der Waals surface area (Å²) in [6, 6.07) is 10.7. The van der Waals surface area contributed by atoms with Crippen LogP contribution in [0.5, 0.6) is 11.5 Å². The van der Waals surface area contributed by atoms with Crippen molar-refractivity contribution >= 4 is 63.5 Å². The van der Waals surface area contributed by atoms with Crippen molar-refractivity contribution in [1.82, 2.24) is 4.90 Å². The van der Waals surface area contributed by atoms with E-state index in [1.165, 1.54) is 16.7 Å². The lowest BCUT2D eigenvalue weighted by Crippen LogP contribution is -2.22. The molecule has 0 saturated carbocycles. The van der Waals surface area contributed by atoms with Crippen molar-refractivity contribution in [2.24, 2.45) is 0 Å². The molecule has 27 heavy (non-hydrogen) atoms. The van der Waals surface area contributed by atoms with E-state index in [9.17, 15) is 4.79 Å². The molecule has 0 aromatic heterocycles. The van der Waals surface area contributed by atoms with E-state index in [1.807, 2.05) is 6.07 Å². The average Bonchev–Trinajstić information content (AvgIpc) is 2.89. The average molecular weight is 440 g/mol. The summed E-state index contributed by atoms with van der Waals surface area (Å²) in [4.78, 5) is 14.2. The van der Waals surface area contributed by atoms with Crippen LogP contribution in [-0.2, 0) is 11.4 Å². The predicted molar refractivity (Wildman–Crippen MR) is 115 cm³/mol. The zero-order valence-electron chi connectivity index (χ0n) is 14.5. The summed E-state index contributed by atoms with van der Waals surface area (Å²) in [7, 11) is 3.22. The molecule has 0 N–H and O–H groups in total. The summed E-state index contributed by atoms with van der Waals surface area (Å²) < 4.78 is 11.8. The minimum absolute atomic E-state index is 0.113. The number of amides is 1. The second-order valence-corrected chi connectivity index (χ2v) is 8.13. The molecule has 140 valence electrons. The van der Waals surface area contributed by atoms with Crippen molar-refractivity contribution in [2.45, 2.75) is 6.61 Å². The SMILES string of the molecule is COc1cc(/C=C2\SC(=S)N(C)C2=O)ccc1OCc1c(Cl)cccc1Cl. The van der Waals surface area contributed by atoms with Crippen molar-refractivity contribution in [2.75, 3.05) is 14.2 Å². The lowest BCUT2D eigenvalue weighted by Gasteiger charge is -2.13.